The molecule has 1 saturated heterocycles. The van der Waals surface area contributed by atoms with E-state index in [-0.39, 0.29) is 18.3 Å². The number of amides is 1. The Labute approximate surface area is 139 Å². The van der Waals surface area contributed by atoms with Gasteiger partial charge in [0.15, 0.2) is 0 Å². The van der Waals surface area contributed by atoms with Crippen molar-refractivity contribution in [3.63, 3.8) is 0 Å². The third-order valence-electron chi connectivity index (χ3n) is 5.43. The third kappa shape index (κ3) is 3.16. The number of hydrogen-bond acceptors (Lipinski definition) is 2. The second-order valence-electron chi connectivity index (χ2n) is 7.02. The fraction of sp³-hybridized carbons (Fsp3) is 0.611. The van der Waals surface area contributed by atoms with E-state index in [4.69, 9.17) is 5.73 Å². The first-order chi connectivity index (χ1) is 9.95. The molecule has 3 atom stereocenters. The summed E-state index contributed by atoms with van der Waals surface area (Å²) in [6, 6.07) is 4.64. The van der Waals surface area contributed by atoms with Gasteiger partial charge in [0.25, 0.3) is 0 Å². The standard InChI is InChI=1S/C18H26N2O.ClH/c1-11-6-12(2)15(13(3)7-11)8-18(21)20-9-14-4-5-17(19)16(14)10-20;/h6-7,14,16-17H,4-5,8-10,19H2,1-3H3;1H. The van der Waals surface area contributed by atoms with Gasteiger partial charge in [0, 0.05) is 19.1 Å². The molecule has 2 fully saturated rings. The van der Waals surface area contributed by atoms with E-state index in [1.54, 1.807) is 0 Å². The van der Waals surface area contributed by atoms with Crippen LogP contribution in [0.3, 0.4) is 0 Å². The molecule has 0 radical (unpaired) electrons. The molecule has 4 heteroatoms. The maximum absolute atomic E-state index is 12.6. The van der Waals surface area contributed by atoms with Crippen molar-refractivity contribution < 1.29 is 4.79 Å². The van der Waals surface area contributed by atoms with E-state index in [1.165, 1.54) is 28.7 Å². The molecule has 3 nitrogen and oxygen atoms in total. The van der Waals surface area contributed by atoms with E-state index in [1.807, 2.05) is 4.90 Å². The largest absolute Gasteiger partial charge is 0.342 e. The quantitative estimate of drug-likeness (QED) is 0.910. The van der Waals surface area contributed by atoms with E-state index in [0.717, 1.165) is 19.5 Å². The average molecular weight is 323 g/mol. The molecule has 1 heterocycles. The number of carbonyl (C=O) groups excluding carboxylic acids is 1. The highest BCUT2D eigenvalue weighted by Gasteiger charge is 2.42. The Morgan fingerprint density at radius 2 is 1.82 bits per heavy atom. The lowest BCUT2D eigenvalue weighted by Crippen LogP contribution is -2.34. The van der Waals surface area contributed by atoms with Gasteiger partial charge in [0.05, 0.1) is 6.42 Å². The predicted molar refractivity (Wildman–Crippen MR) is 92.4 cm³/mol. The highest BCUT2D eigenvalue weighted by Crippen LogP contribution is 2.37. The summed E-state index contributed by atoms with van der Waals surface area (Å²) in [5.74, 6) is 1.45. The monoisotopic (exact) mass is 322 g/mol. The molecule has 3 unspecified atom stereocenters. The minimum Gasteiger partial charge on any atom is -0.342 e. The highest BCUT2D eigenvalue weighted by atomic mass is 35.5. The minimum atomic E-state index is 0. The molecular weight excluding hydrogens is 296 g/mol. The van der Waals surface area contributed by atoms with Gasteiger partial charge in [0.2, 0.25) is 5.91 Å². The number of likely N-dealkylation sites (tertiary alicyclic amines) is 1. The van der Waals surface area contributed by atoms with E-state index in [2.05, 4.69) is 32.9 Å². The SMILES string of the molecule is Cc1cc(C)c(CC(=O)N2CC3CCC(N)C3C2)c(C)c1.Cl. The van der Waals surface area contributed by atoms with Crippen LogP contribution in [-0.4, -0.2) is 29.9 Å². The van der Waals surface area contributed by atoms with Crippen LogP contribution in [-0.2, 0) is 11.2 Å². The number of carbonyl (C=O) groups is 1. The summed E-state index contributed by atoms with van der Waals surface area (Å²) in [6.07, 6.45) is 2.86. The predicted octanol–water partition coefficient (Wildman–Crippen LogP) is 2.77. The Balaban J connectivity index is 0.00000176. The zero-order valence-corrected chi connectivity index (χ0v) is 14.6. The molecule has 1 aliphatic carbocycles. The first-order valence-corrected chi connectivity index (χ1v) is 8.05. The van der Waals surface area contributed by atoms with E-state index < -0.39 is 0 Å². The van der Waals surface area contributed by atoms with Crippen molar-refractivity contribution in [3.05, 3.63) is 34.4 Å². The summed E-state index contributed by atoms with van der Waals surface area (Å²) in [7, 11) is 0. The highest BCUT2D eigenvalue weighted by molar-refractivity contribution is 5.85. The summed E-state index contributed by atoms with van der Waals surface area (Å²) >= 11 is 0. The van der Waals surface area contributed by atoms with Crippen LogP contribution < -0.4 is 5.73 Å². The number of hydrogen-bond donors (Lipinski definition) is 1. The molecule has 0 spiro atoms. The van der Waals surface area contributed by atoms with Crippen LogP contribution >= 0.6 is 12.4 Å². The first kappa shape index (κ1) is 17.3. The second kappa shape index (κ2) is 6.59. The van der Waals surface area contributed by atoms with Crippen molar-refractivity contribution >= 4 is 18.3 Å². The Hall–Kier alpha value is -1.06. The fourth-order valence-corrected chi connectivity index (χ4v) is 4.26. The van der Waals surface area contributed by atoms with Gasteiger partial charge in [-0.3, -0.25) is 4.79 Å². The molecule has 122 valence electrons. The summed E-state index contributed by atoms with van der Waals surface area (Å²) in [4.78, 5) is 14.7. The lowest BCUT2D eigenvalue weighted by molar-refractivity contribution is -0.129. The van der Waals surface area contributed by atoms with Gasteiger partial charge < -0.3 is 10.6 Å². The van der Waals surface area contributed by atoms with Crippen molar-refractivity contribution in [1.82, 2.24) is 4.90 Å². The van der Waals surface area contributed by atoms with Gasteiger partial charge in [-0.2, -0.15) is 0 Å². The third-order valence-corrected chi connectivity index (χ3v) is 5.43. The van der Waals surface area contributed by atoms with Crippen LogP contribution in [0.25, 0.3) is 0 Å². The molecule has 2 N–H and O–H groups in total. The molecule has 2 aliphatic rings. The topological polar surface area (TPSA) is 46.3 Å². The Bertz CT molecular complexity index is 549. The van der Waals surface area contributed by atoms with Crippen LogP contribution in [0.1, 0.15) is 35.1 Å². The van der Waals surface area contributed by atoms with Gasteiger partial charge in [-0.15, -0.1) is 12.4 Å². The smallest absolute Gasteiger partial charge is 0.227 e. The minimum absolute atomic E-state index is 0. The van der Waals surface area contributed by atoms with Crippen molar-refractivity contribution in [1.29, 1.82) is 0 Å². The lowest BCUT2D eigenvalue weighted by atomic mass is 9.97. The van der Waals surface area contributed by atoms with E-state index >= 15 is 0 Å². The van der Waals surface area contributed by atoms with Gasteiger partial charge in [-0.1, -0.05) is 17.7 Å². The maximum Gasteiger partial charge on any atom is 0.227 e. The molecule has 1 aromatic rings. The van der Waals surface area contributed by atoms with E-state index in [9.17, 15) is 4.79 Å². The number of rotatable bonds is 2. The zero-order valence-electron chi connectivity index (χ0n) is 13.8. The molecule has 1 saturated carbocycles. The second-order valence-corrected chi connectivity index (χ2v) is 7.02. The molecule has 22 heavy (non-hydrogen) atoms. The van der Waals surface area contributed by atoms with Crippen molar-refractivity contribution in [3.8, 4) is 0 Å². The van der Waals surface area contributed by atoms with Crippen LogP contribution in [0.15, 0.2) is 12.1 Å². The number of aryl methyl sites for hydroxylation is 3. The molecule has 0 aromatic heterocycles. The Kier molecular flexibility index (Phi) is 5.18. The zero-order chi connectivity index (χ0) is 15.1. The average Bonchev–Trinajstić information content (AvgIpc) is 2.96. The number of fused-ring (bicyclic) bond motifs is 1. The normalized spacial score (nSPS) is 26.7. The van der Waals surface area contributed by atoms with E-state index in [0.29, 0.717) is 24.3 Å². The van der Waals surface area contributed by atoms with Crippen LogP contribution in [0.2, 0.25) is 0 Å². The van der Waals surface area contributed by atoms with Crippen LogP contribution in [0.5, 0.6) is 0 Å². The Morgan fingerprint density at radius 1 is 1.18 bits per heavy atom. The number of benzene rings is 1. The molecule has 0 bridgehead atoms. The number of nitrogens with zero attached hydrogens (tertiary/aromatic N) is 1. The molecular formula is C18H27ClN2O. The van der Waals surface area contributed by atoms with Crippen molar-refractivity contribution in [2.45, 2.75) is 46.1 Å². The summed E-state index contributed by atoms with van der Waals surface area (Å²) in [5, 5.41) is 0. The summed E-state index contributed by atoms with van der Waals surface area (Å²) < 4.78 is 0. The van der Waals surface area contributed by atoms with Crippen LogP contribution in [0, 0.1) is 32.6 Å². The molecule has 1 aliphatic heterocycles. The van der Waals surface area contributed by atoms with Gasteiger partial charge >= 0.3 is 0 Å². The van der Waals surface area contributed by atoms with Gasteiger partial charge in [-0.25, -0.2) is 0 Å². The first-order valence-electron chi connectivity index (χ1n) is 8.05. The summed E-state index contributed by atoms with van der Waals surface area (Å²) in [6.45, 7) is 8.11. The molecule has 1 amide bonds. The van der Waals surface area contributed by atoms with Gasteiger partial charge in [-0.05, 0) is 62.1 Å². The molecule has 1 aromatic carbocycles. The van der Waals surface area contributed by atoms with Gasteiger partial charge in [0.1, 0.15) is 0 Å². The fourth-order valence-electron chi connectivity index (χ4n) is 4.26. The number of halogens is 1. The van der Waals surface area contributed by atoms with Crippen molar-refractivity contribution in [2.75, 3.05) is 13.1 Å². The maximum atomic E-state index is 12.6. The molecule has 3 rings (SSSR count). The number of nitrogens with two attached hydrogens (primary N) is 1. The lowest BCUT2D eigenvalue weighted by Gasteiger charge is -2.20. The summed E-state index contributed by atoms with van der Waals surface area (Å²) in [5.41, 5.74) is 11.1. The van der Waals surface area contributed by atoms with Crippen LogP contribution in [0.4, 0.5) is 0 Å². The van der Waals surface area contributed by atoms with Crippen molar-refractivity contribution in [2.24, 2.45) is 17.6 Å². The Morgan fingerprint density at radius 3 is 2.41 bits per heavy atom.